The predicted molar refractivity (Wildman–Crippen MR) is 84.0 cm³/mol. The first-order valence-corrected chi connectivity index (χ1v) is 7.86. The summed E-state index contributed by atoms with van der Waals surface area (Å²) in [6.45, 7) is 7.23. The molecule has 20 heavy (non-hydrogen) atoms. The molecule has 0 spiro atoms. The Hall–Kier alpha value is -1.16. The number of hydrogen-bond acceptors (Lipinski definition) is 4. The van der Waals surface area contributed by atoms with E-state index in [2.05, 4.69) is 43.0 Å². The van der Waals surface area contributed by atoms with Crippen molar-refractivity contribution in [2.24, 2.45) is 0 Å². The summed E-state index contributed by atoms with van der Waals surface area (Å²) in [5.41, 5.74) is 2.28. The summed E-state index contributed by atoms with van der Waals surface area (Å²) < 4.78 is 0. The molecule has 1 saturated carbocycles. The lowest BCUT2D eigenvalue weighted by Gasteiger charge is -2.31. The highest BCUT2D eigenvalue weighted by Crippen LogP contribution is 2.24. The third-order valence-electron chi connectivity index (χ3n) is 4.21. The van der Waals surface area contributed by atoms with Gasteiger partial charge >= 0.3 is 0 Å². The molecule has 0 aliphatic heterocycles. The fraction of sp³-hybridized carbons (Fsp3) is 0.750. The molecule has 2 rings (SSSR count). The summed E-state index contributed by atoms with van der Waals surface area (Å²) in [6.07, 6.45) is 8.58. The normalized spacial score (nSPS) is 16.6. The molecule has 4 heteroatoms. The molecule has 0 saturated heterocycles. The van der Waals surface area contributed by atoms with Gasteiger partial charge in [-0.25, -0.2) is 9.97 Å². The van der Waals surface area contributed by atoms with E-state index in [1.54, 1.807) is 0 Å². The maximum absolute atomic E-state index is 4.70. The number of anilines is 1. The topological polar surface area (TPSA) is 41.1 Å². The van der Waals surface area contributed by atoms with Gasteiger partial charge in [-0.05, 0) is 19.8 Å². The van der Waals surface area contributed by atoms with Crippen LogP contribution in [0, 0.1) is 6.92 Å². The Morgan fingerprint density at radius 1 is 1.30 bits per heavy atom. The minimum absolute atomic E-state index is 0.485. The van der Waals surface area contributed by atoms with E-state index in [1.165, 1.54) is 37.7 Å². The molecule has 0 aromatic carbocycles. The van der Waals surface area contributed by atoms with Gasteiger partial charge in [0.2, 0.25) is 5.95 Å². The summed E-state index contributed by atoms with van der Waals surface area (Å²) in [5, 5.41) is 3.42. The second-order valence-corrected chi connectivity index (χ2v) is 6.22. The van der Waals surface area contributed by atoms with Crippen molar-refractivity contribution in [2.45, 2.75) is 71.5 Å². The summed E-state index contributed by atoms with van der Waals surface area (Å²) in [4.78, 5) is 11.5. The zero-order valence-electron chi connectivity index (χ0n) is 13.3. The summed E-state index contributed by atoms with van der Waals surface area (Å²) >= 11 is 0. The molecule has 0 radical (unpaired) electrons. The predicted octanol–water partition coefficient (Wildman–Crippen LogP) is 3.05. The molecule has 0 atom stereocenters. The van der Waals surface area contributed by atoms with E-state index in [-0.39, 0.29) is 0 Å². The van der Waals surface area contributed by atoms with Crippen molar-refractivity contribution in [3.8, 4) is 0 Å². The van der Waals surface area contributed by atoms with Gasteiger partial charge in [0.05, 0.1) is 0 Å². The molecule has 1 aromatic rings. The number of rotatable bonds is 5. The first kappa shape index (κ1) is 15.2. The second kappa shape index (κ2) is 7.02. The minimum Gasteiger partial charge on any atom is -0.341 e. The van der Waals surface area contributed by atoms with Crippen LogP contribution in [-0.4, -0.2) is 29.1 Å². The minimum atomic E-state index is 0.485. The van der Waals surface area contributed by atoms with Crippen LogP contribution in [0.5, 0.6) is 0 Å². The van der Waals surface area contributed by atoms with Gasteiger partial charge in [-0.2, -0.15) is 0 Å². The smallest absolute Gasteiger partial charge is 0.225 e. The largest absolute Gasteiger partial charge is 0.341 e. The molecule has 1 N–H and O–H groups in total. The van der Waals surface area contributed by atoms with Crippen LogP contribution >= 0.6 is 0 Å². The number of nitrogens with zero attached hydrogens (tertiary/aromatic N) is 3. The van der Waals surface area contributed by atoms with Gasteiger partial charge in [-0.15, -0.1) is 0 Å². The van der Waals surface area contributed by atoms with Gasteiger partial charge < -0.3 is 10.2 Å². The Morgan fingerprint density at radius 2 is 2.00 bits per heavy atom. The maximum Gasteiger partial charge on any atom is 0.225 e. The Morgan fingerprint density at radius 3 is 2.60 bits per heavy atom. The third kappa shape index (κ3) is 3.92. The van der Waals surface area contributed by atoms with E-state index in [0.717, 1.165) is 18.2 Å². The van der Waals surface area contributed by atoms with Crippen molar-refractivity contribution in [3.63, 3.8) is 0 Å². The van der Waals surface area contributed by atoms with Crippen molar-refractivity contribution >= 4 is 5.95 Å². The van der Waals surface area contributed by atoms with E-state index in [9.17, 15) is 0 Å². The lowest BCUT2D eigenvalue weighted by Crippen LogP contribution is -2.34. The average Bonchev–Trinajstić information content (AvgIpc) is 2.46. The lowest BCUT2D eigenvalue weighted by atomic mass is 9.95. The van der Waals surface area contributed by atoms with Crippen LogP contribution in [0.3, 0.4) is 0 Å². The van der Waals surface area contributed by atoms with Crippen molar-refractivity contribution in [3.05, 3.63) is 17.5 Å². The fourth-order valence-corrected chi connectivity index (χ4v) is 2.77. The molecule has 0 amide bonds. The average molecular weight is 276 g/mol. The molecule has 1 aliphatic rings. The molecule has 112 valence electrons. The van der Waals surface area contributed by atoms with Crippen LogP contribution < -0.4 is 10.2 Å². The lowest BCUT2D eigenvalue weighted by molar-refractivity contribution is 0.424. The molecular formula is C16H28N4. The van der Waals surface area contributed by atoms with Crippen LogP contribution in [0.15, 0.2) is 6.20 Å². The van der Waals surface area contributed by atoms with Crippen molar-refractivity contribution in [1.82, 2.24) is 15.3 Å². The zero-order chi connectivity index (χ0) is 14.5. The Kier molecular flexibility index (Phi) is 5.35. The van der Waals surface area contributed by atoms with E-state index >= 15 is 0 Å². The second-order valence-electron chi connectivity index (χ2n) is 6.22. The summed E-state index contributed by atoms with van der Waals surface area (Å²) in [7, 11) is 2.14. The molecule has 0 bridgehead atoms. The van der Waals surface area contributed by atoms with Crippen molar-refractivity contribution < 1.29 is 0 Å². The van der Waals surface area contributed by atoms with Crippen LogP contribution in [0.25, 0.3) is 0 Å². The number of aryl methyl sites for hydroxylation is 1. The SMILES string of the molecule is Cc1nc(N(C)C2CCCCC2)ncc1CNC(C)C. The number of aromatic nitrogens is 2. The highest BCUT2D eigenvalue weighted by molar-refractivity contribution is 5.33. The van der Waals surface area contributed by atoms with Gasteiger partial charge in [0.15, 0.2) is 0 Å². The Balaban J connectivity index is 2.03. The molecule has 1 aliphatic carbocycles. The molecule has 1 heterocycles. The van der Waals surface area contributed by atoms with Crippen molar-refractivity contribution in [1.29, 1.82) is 0 Å². The number of hydrogen-bond donors (Lipinski definition) is 1. The molecule has 4 nitrogen and oxygen atoms in total. The Labute approximate surface area is 123 Å². The van der Waals surface area contributed by atoms with Crippen LogP contribution in [0.1, 0.15) is 57.2 Å². The van der Waals surface area contributed by atoms with Crippen LogP contribution in [0.4, 0.5) is 5.95 Å². The highest BCUT2D eigenvalue weighted by atomic mass is 15.3. The molecule has 1 fully saturated rings. The monoisotopic (exact) mass is 276 g/mol. The van der Waals surface area contributed by atoms with Gasteiger partial charge in [-0.3, -0.25) is 0 Å². The molecule has 1 aromatic heterocycles. The van der Waals surface area contributed by atoms with Crippen molar-refractivity contribution in [2.75, 3.05) is 11.9 Å². The molecular weight excluding hydrogens is 248 g/mol. The zero-order valence-corrected chi connectivity index (χ0v) is 13.3. The van der Waals surface area contributed by atoms with Gasteiger partial charge in [0.1, 0.15) is 0 Å². The van der Waals surface area contributed by atoms with Gasteiger partial charge in [0, 0.05) is 43.1 Å². The standard InChI is InChI=1S/C16H28N4/c1-12(2)17-10-14-11-18-16(19-13(14)3)20(4)15-8-6-5-7-9-15/h11-12,15,17H,5-10H2,1-4H3. The maximum atomic E-state index is 4.70. The van der Waals surface area contributed by atoms with Crippen LogP contribution in [0.2, 0.25) is 0 Å². The van der Waals surface area contributed by atoms with E-state index in [1.807, 2.05) is 6.20 Å². The van der Waals surface area contributed by atoms with E-state index in [0.29, 0.717) is 12.1 Å². The first-order valence-electron chi connectivity index (χ1n) is 7.86. The number of nitrogens with one attached hydrogen (secondary N) is 1. The van der Waals surface area contributed by atoms with E-state index < -0.39 is 0 Å². The Bertz CT molecular complexity index is 424. The third-order valence-corrected chi connectivity index (χ3v) is 4.21. The fourth-order valence-electron chi connectivity index (χ4n) is 2.77. The summed E-state index contributed by atoms with van der Waals surface area (Å²) in [6, 6.07) is 1.10. The quantitative estimate of drug-likeness (QED) is 0.897. The first-order chi connectivity index (χ1) is 9.58. The molecule has 0 unspecified atom stereocenters. The van der Waals surface area contributed by atoms with Gasteiger partial charge in [-0.1, -0.05) is 33.1 Å². The van der Waals surface area contributed by atoms with Crippen LogP contribution in [-0.2, 0) is 6.54 Å². The summed E-state index contributed by atoms with van der Waals surface area (Å²) in [5.74, 6) is 0.877. The van der Waals surface area contributed by atoms with E-state index in [4.69, 9.17) is 4.98 Å². The van der Waals surface area contributed by atoms with Gasteiger partial charge in [0.25, 0.3) is 0 Å². The highest BCUT2D eigenvalue weighted by Gasteiger charge is 2.20.